The summed E-state index contributed by atoms with van der Waals surface area (Å²) in [6.45, 7) is 0. The molecule has 0 bridgehead atoms. The minimum absolute atomic E-state index is 0.0260. The van der Waals surface area contributed by atoms with Crippen molar-refractivity contribution in [3.8, 4) is 0 Å². The van der Waals surface area contributed by atoms with Crippen molar-refractivity contribution in [2.24, 2.45) is 0 Å². The Bertz CT molecular complexity index is 508. The first-order valence-corrected chi connectivity index (χ1v) is 8.36. The van der Waals surface area contributed by atoms with Gasteiger partial charge in [-0.05, 0) is 40.2 Å². The summed E-state index contributed by atoms with van der Waals surface area (Å²) in [6.07, 6.45) is 4.65. The van der Waals surface area contributed by atoms with E-state index in [0.29, 0.717) is 4.88 Å². The first kappa shape index (κ1) is 15.5. The highest BCUT2D eigenvalue weighted by Gasteiger charge is 2.41. The second kappa shape index (κ2) is 6.26. The van der Waals surface area contributed by atoms with Gasteiger partial charge in [0.15, 0.2) is 0 Å². The SMILES string of the molecule is CN(C(=O)c1sccc1Br)C1(CC(=O)O)CCCCC1. The highest BCUT2D eigenvalue weighted by Crippen LogP contribution is 2.37. The van der Waals surface area contributed by atoms with E-state index in [-0.39, 0.29) is 12.3 Å². The Morgan fingerprint density at radius 3 is 2.55 bits per heavy atom. The van der Waals surface area contributed by atoms with Crippen LogP contribution in [0.1, 0.15) is 48.2 Å². The molecule has 2 rings (SSSR count). The van der Waals surface area contributed by atoms with E-state index in [1.54, 1.807) is 11.9 Å². The van der Waals surface area contributed by atoms with E-state index in [1.807, 2.05) is 11.4 Å². The van der Waals surface area contributed by atoms with Crippen LogP contribution in [0.5, 0.6) is 0 Å². The van der Waals surface area contributed by atoms with Crippen molar-refractivity contribution in [1.29, 1.82) is 0 Å². The van der Waals surface area contributed by atoms with Gasteiger partial charge in [0.05, 0.1) is 12.0 Å². The number of nitrogens with zero attached hydrogens (tertiary/aromatic N) is 1. The van der Waals surface area contributed by atoms with E-state index in [0.717, 1.165) is 36.6 Å². The predicted molar refractivity (Wildman–Crippen MR) is 82.2 cm³/mol. The number of hydrogen-bond acceptors (Lipinski definition) is 3. The van der Waals surface area contributed by atoms with E-state index < -0.39 is 11.5 Å². The lowest BCUT2D eigenvalue weighted by molar-refractivity contribution is -0.140. The molecule has 0 saturated heterocycles. The Kier molecular flexibility index (Phi) is 4.86. The van der Waals surface area contributed by atoms with Crippen LogP contribution in [0.4, 0.5) is 0 Å². The number of carboxylic acid groups (broad SMARTS) is 1. The minimum Gasteiger partial charge on any atom is -0.481 e. The summed E-state index contributed by atoms with van der Waals surface area (Å²) >= 11 is 4.76. The molecule has 0 radical (unpaired) electrons. The Labute approximate surface area is 130 Å². The van der Waals surface area contributed by atoms with Gasteiger partial charge in [-0.3, -0.25) is 9.59 Å². The monoisotopic (exact) mass is 359 g/mol. The molecule has 0 atom stereocenters. The van der Waals surface area contributed by atoms with Gasteiger partial charge in [-0.2, -0.15) is 0 Å². The van der Waals surface area contributed by atoms with Gasteiger partial charge < -0.3 is 10.0 Å². The van der Waals surface area contributed by atoms with E-state index in [1.165, 1.54) is 11.3 Å². The van der Waals surface area contributed by atoms with Gasteiger partial charge in [-0.15, -0.1) is 11.3 Å². The van der Waals surface area contributed by atoms with Crippen LogP contribution in [0.3, 0.4) is 0 Å². The molecule has 1 fully saturated rings. The first-order valence-electron chi connectivity index (χ1n) is 6.69. The summed E-state index contributed by atoms with van der Waals surface area (Å²) in [5.41, 5.74) is -0.537. The van der Waals surface area contributed by atoms with Crippen LogP contribution in [0, 0.1) is 0 Å². The number of rotatable bonds is 4. The zero-order valence-corrected chi connectivity index (χ0v) is 13.8. The first-order chi connectivity index (χ1) is 9.46. The molecular weight excluding hydrogens is 342 g/mol. The lowest BCUT2D eigenvalue weighted by Crippen LogP contribution is -2.52. The maximum atomic E-state index is 12.6. The zero-order chi connectivity index (χ0) is 14.8. The van der Waals surface area contributed by atoms with Crippen LogP contribution in [0.15, 0.2) is 15.9 Å². The Hall–Kier alpha value is -0.880. The number of carbonyl (C=O) groups is 2. The molecule has 110 valence electrons. The largest absolute Gasteiger partial charge is 0.481 e. The average molecular weight is 360 g/mol. The summed E-state index contributed by atoms with van der Waals surface area (Å²) < 4.78 is 0.778. The minimum atomic E-state index is -0.836. The predicted octanol–water partition coefficient (Wildman–Crippen LogP) is 3.76. The molecule has 1 amide bonds. The summed E-state index contributed by atoms with van der Waals surface area (Å²) in [5, 5.41) is 11.1. The lowest BCUT2D eigenvalue weighted by atomic mass is 9.78. The number of carbonyl (C=O) groups excluding carboxylic acids is 1. The Balaban J connectivity index is 2.26. The molecular formula is C14H18BrNO3S. The molecule has 1 N–H and O–H groups in total. The second-order valence-electron chi connectivity index (χ2n) is 5.32. The Morgan fingerprint density at radius 2 is 2.05 bits per heavy atom. The van der Waals surface area contributed by atoms with E-state index in [4.69, 9.17) is 0 Å². The third-order valence-electron chi connectivity index (χ3n) is 4.09. The van der Waals surface area contributed by atoms with Gasteiger partial charge >= 0.3 is 5.97 Å². The summed E-state index contributed by atoms with van der Waals surface area (Å²) in [6, 6.07) is 1.84. The van der Waals surface area contributed by atoms with Crippen LogP contribution in [-0.4, -0.2) is 34.5 Å². The molecule has 1 heterocycles. The zero-order valence-electron chi connectivity index (χ0n) is 11.4. The summed E-state index contributed by atoms with van der Waals surface area (Å²) in [5.74, 6) is -0.924. The van der Waals surface area contributed by atoms with Crippen LogP contribution in [0.2, 0.25) is 0 Å². The summed E-state index contributed by atoms with van der Waals surface area (Å²) in [4.78, 5) is 26.1. The maximum Gasteiger partial charge on any atom is 0.305 e. The van der Waals surface area contributed by atoms with Gasteiger partial charge in [0.2, 0.25) is 0 Å². The second-order valence-corrected chi connectivity index (χ2v) is 7.09. The molecule has 0 aromatic carbocycles. The molecule has 4 nitrogen and oxygen atoms in total. The molecule has 6 heteroatoms. The van der Waals surface area contributed by atoms with E-state index in [9.17, 15) is 14.7 Å². The fourth-order valence-corrected chi connectivity index (χ4v) is 4.45. The van der Waals surface area contributed by atoms with Gasteiger partial charge in [-0.1, -0.05) is 19.3 Å². The van der Waals surface area contributed by atoms with Crippen molar-refractivity contribution < 1.29 is 14.7 Å². The van der Waals surface area contributed by atoms with Gasteiger partial charge in [0.25, 0.3) is 5.91 Å². The highest BCUT2D eigenvalue weighted by molar-refractivity contribution is 9.10. The van der Waals surface area contributed by atoms with Crippen molar-refractivity contribution in [2.45, 2.75) is 44.1 Å². The lowest BCUT2D eigenvalue weighted by Gasteiger charge is -2.43. The molecule has 1 aromatic heterocycles. The van der Waals surface area contributed by atoms with Crippen LogP contribution >= 0.6 is 27.3 Å². The van der Waals surface area contributed by atoms with Gasteiger partial charge in [-0.25, -0.2) is 0 Å². The standard InChI is InChI=1S/C14H18BrNO3S/c1-16(13(19)12-10(15)5-8-20-12)14(9-11(17)18)6-3-2-4-7-14/h5,8H,2-4,6-7,9H2,1H3,(H,17,18). The van der Waals surface area contributed by atoms with Crippen molar-refractivity contribution in [3.05, 3.63) is 20.8 Å². The van der Waals surface area contributed by atoms with Gasteiger partial charge in [0.1, 0.15) is 4.88 Å². The fourth-order valence-electron chi connectivity index (χ4n) is 2.94. The average Bonchev–Trinajstić information content (AvgIpc) is 2.83. The third-order valence-corrected chi connectivity index (χ3v) is 5.92. The third kappa shape index (κ3) is 3.06. The molecule has 0 aliphatic heterocycles. The number of aliphatic carboxylic acids is 1. The molecule has 1 aliphatic rings. The van der Waals surface area contributed by atoms with Crippen molar-refractivity contribution in [2.75, 3.05) is 7.05 Å². The van der Waals surface area contributed by atoms with Crippen molar-refractivity contribution in [3.63, 3.8) is 0 Å². The number of amides is 1. The van der Waals surface area contributed by atoms with Crippen molar-refractivity contribution in [1.82, 2.24) is 4.90 Å². The van der Waals surface area contributed by atoms with Crippen LogP contribution in [-0.2, 0) is 4.79 Å². The normalized spacial score (nSPS) is 17.7. The van der Waals surface area contributed by atoms with Crippen molar-refractivity contribution >= 4 is 39.1 Å². The van der Waals surface area contributed by atoms with E-state index in [2.05, 4.69) is 15.9 Å². The number of carboxylic acids is 1. The fraction of sp³-hybridized carbons (Fsp3) is 0.571. The topological polar surface area (TPSA) is 57.6 Å². The Morgan fingerprint density at radius 1 is 1.40 bits per heavy atom. The van der Waals surface area contributed by atoms with Gasteiger partial charge in [0, 0.05) is 11.5 Å². The molecule has 20 heavy (non-hydrogen) atoms. The maximum absolute atomic E-state index is 12.6. The van der Waals surface area contributed by atoms with Crippen LogP contribution in [0.25, 0.3) is 0 Å². The molecule has 0 unspecified atom stereocenters. The van der Waals surface area contributed by atoms with Crippen LogP contribution < -0.4 is 0 Å². The summed E-state index contributed by atoms with van der Waals surface area (Å²) in [7, 11) is 1.74. The molecule has 0 spiro atoms. The molecule has 1 aliphatic carbocycles. The number of thiophene rings is 1. The smallest absolute Gasteiger partial charge is 0.305 e. The molecule has 1 saturated carbocycles. The number of halogens is 1. The van der Waals surface area contributed by atoms with E-state index >= 15 is 0 Å². The molecule has 1 aromatic rings. The quantitative estimate of drug-likeness (QED) is 0.890. The highest BCUT2D eigenvalue weighted by atomic mass is 79.9. The number of hydrogen-bond donors (Lipinski definition) is 1.